The molecule has 0 aromatic heterocycles. The van der Waals surface area contributed by atoms with Crippen LogP contribution in [-0.4, -0.2) is 37.2 Å². The molecular weight excluding hydrogens is 985 g/mol. The Bertz CT molecular complexity index is 1470. The summed E-state index contributed by atoms with van der Waals surface area (Å²) in [6, 6.07) is 0. The van der Waals surface area contributed by atoms with Crippen LogP contribution in [0, 0.1) is 0 Å². The highest BCUT2D eigenvalue weighted by molar-refractivity contribution is 5.71. The van der Waals surface area contributed by atoms with Crippen LogP contribution in [-0.2, 0) is 28.6 Å². The summed E-state index contributed by atoms with van der Waals surface area (Å²) in [5, 5.41) is 0. The number of carbonyl (C=O) groups excluding carboxylic acids is 3. The summed E-state index contributed by atoms with van der Waals surface area (Å²) in [4.78, 5) is 38.4. The highest BCUT2D eigenvalue weighted by atomic mass is 16.6. The van der Waals surface area contributed by atoms with Gasteiger partial charge in [-0.3, -0.25) is 14.4 Å². The van der Waals surface area contributed by atoms with Crippen LogP contribution >= 0.6 is 0 Å². The Labute approximate surface area is 497 Å². The normalized spacial score (nSPS) is 12.5. The molecular formula is C74H132O6. The topological polar surface area (TPSA) is 78.9 Å². The van der Waals surface area contributed by atoms with Crippen molar-refractivity contribution < 1.29 is 28.6 Å². The summed E-state index contributed by atoms with van der Waals surface area (Å²) in [6.45, 7) is 6.55. The van der Waals surface area contributed by atoms with E-state index in [0.29, 0.717) is 19.3 Å². The standard InChI is InChI=1S/C74H132O6/c1-4-7-10-13-16-19-22-25-28-31-32-33-34-35-36-37-38-39-40-41-42-44-46-49-52-55-58-61-64-67-73(76)79-70-71(69-78-72(75)66-63-60-57-54-51-48-45-30-27-24-21-18-15-12-9-6-3)80-74(77)68-65-62-59-56-53-50-47-43-29-26-23-20-17-14-11-8-5-2/h8,11,17,20,22,25-26,29-32,45,71H,4-7,9-10,12-16,18-19,21,23-24,27-28,33-44,46-70H2,1-3H3/b11-8-,20-17-,25-22-,29-26-,32-31-,45-30-. The van der Waals surface area contributed by atoms with E-state index in [9.17, 15) is 14.4 Å². The van der Waals surface area contributed by atoms with Gasteiger partial charge in [0.05, 0.1) is 0 Å². The fraction of sp³-hybridized carbons (Fsp3) is 0.797. The van der Waals surface area contributed by atoms with E-state index >= 15 is 0 Å². The van der Waals surface area contributed by atoms with E-state index in [1.807, 2.05) is 0 Å². The molecule has 0 radical (unpaired) electrons. The second-order valence-electron chi connectivity index (χ2n) is 23.4. The summed E-state index contributed by atoms with van der Waals surface area (Å²) in [7, 11) is 0. The van der Waals surface area contributed by atoms with Crippen LogP contribution in [0.1, 0.15) is 361 Å². The average molecular weight is 1120 g/mol. The summed E-state index contributed by atoms with van der Waals surface area (Å²) >= 11 is 0. The van der Waals surface area contributed by atoms with Gasteiger partial charge in [-0.05, 0) is 109 Å². The van der Waals surface area contributed by atoms with Gasteiger partial charge in [-0.25, -0.2) is 0 Å². The first-order valence-corrected chi connectivity index (χ1v) is 34.9. The van der Waals surface area contributed by atoms with Crippen LogP contribution < -0.4 is 0 Å². The number of rotatable bonds is 64. The molecule has 0 aliphatic heterocycles. The number of ether oxygens (including phenoxy) is 3. The van der Waals surface area contributed by atoms with Crippen molar-refractivity contribution in [3.63, 3.8) is 0 Å². The molecule has 0 spiro atoms. The summed E-state index contributed by atoms with van der Waals surface area (Å²) in [5.74, 6) is -0.878. The van der Waals surface area contributed by atoms with Gasteiger partial charge in [-0.15, -0.1) is 0 Å². The third kappa shape index (κ3) is 65.7. The molecule has 80 heavy (non-hydrogen) atoms. The second-order valence-corrected chi connectivity index (χ2v) is 23.4. The van der Waals surface area contributed by atoms with Crippen molar-refractivity contribution in [2.75, 3.05) is 13.2 Å². The summed E-state index contributed by atoms with van der Waals surface area (Å²) in [5.41, 5.74) is 0. The Hall–Kier alpha value is -3.15. The third-order valence-corrected chi connectivity index (χ3v) is 15.4. The van der Waals surface area contributed by atoms with Gasteiger partial charge in [0.2, 0.25) is 0 Å². The van der Waals surface area contributed by atoms with Crippen LogP contribution in [0.4, 0.5) is 0 Å². The van der Waals surface area contributed by atoms with E-state index in [2.05, 4.69) is 93.7 Å². The van der Waals surface area contributed by atoms with Crippen LogP contribution in [0.25, 0.3) is 0 Å². The van der Waals surface area contributed by atoms with Crippen molar-refractivity contribution in [3.05, 3.63) is 72.9 Å². The van der Waals surface area contributed by atoms with Gasteiger partial charge in [-0.1, -0.05) is 306 Å². The number of hydrogen-bond acceptors (Lipinski definition) is 6. The molecule has 0 fully saturated rings. The molecule has 0 amide bonds. The molecule has 0 rings (SSSR count). The largest absolute Gasteiger partial charge is 0.462 e. The van der Waals surface area contributed by atoms with Crippen molar-refractivity contribution in [3.8, 4) is 0 Å². The van der Waals surface area contributed by atoms with E-state index in [4.69, 9.17) is 14.2 Å². The molecule has 1 atom stereocenters. The zero-order valence-corrected chi connectivity index (χ0v) is 53.3. The van der Waals surface area contributed by atoms with Crippen LogP contribution in [0.15, 0.2) is 72.9 Å². The molecule has 0 N–H and O–H groups in total. The molecule has 1 unspecified atom stereocenters. The van der Waals surface area contributed by atoms with Gasteiger partial charge >= 0.3 is 17.9 Å². The lowest BCUT2D eigenvalue weighted by molar-refractivity contribution is -0.167. The number of carbonyl (C=O) groups is 3. The van der Waals surface area contributed by atoms with E-state index in [0.717, 1.165) is 96.3 Å². The van der Waals surface area contributed by atoms with Crippen molar-refractivity contribution >= 4 is 17.9 Å². The summed E-state index contributed by atoms with van der Waals surface area (Å²) < 4.78 is 17.0. The minimum Gasteiger partial charge on any atom is -0.462 e. The number of esters is 3. The molecule has 0 bridgehead atoms. The zero-order valence-electron chi connectivity index (χ0n) is 53.3. The smallest absolute Gasteiger partial charge is 0.306 e. The van der Waals surface area contributed by atoms with Crippen molar-refractivity contribution in [2.45, 2.75) is 367 Å². The maximum Gasteiger partial charge on any atom is 0.306 e. The first-order chi connectivity index (χ1) is 39.5. The predicted octanol–water partition coefficient (Wildman–Crippen LogP) is 24.1. The van der Waals surface area contributed by atoms with Crippen LogP contribution in [0.5, 0.6) is 0 Å². The summed E-state index contributed by atoms with van der Waals surface area (Å²) in [6.07, 6.45) is 89.3. The number of unbranched alkanes of at least 4 members (excludes halogenated alkanes) is 41. The van der Waals surface area contributed by atoms with E-state index in [1.165, 1.54) is 225 Å². The van der Waals surface area contributed by atoms with Crippen LogP contribution in [0.2, 0.25) is 0 Å². The first-order valence-electron chi connectivity index (χ1n) is 34.9. The third-order valence-electron chi connectivity index (χ3n) is 15.4. The maximum absolute atomic E-state index is 12.9. The van der Waals surface area contributed by atoms with Gasteiger partial charge in [0.25, 0.3) is 0 Å². The average Bonchev–Trinajstić information content (AvgIpc) is 3.46. The highest BCUT2D eigenvalue weighted by Gasteiger charge is 2.19. The molecule has 0 saturated carbocycles. The van der Waals surface area contributed by atoms with Crippen molar-refractivity contribution in [1.29, 1.82) is 0 Å². The van der Waals surface area contributed by atoms with Gasteiger partial charge in [0.1, 0.15) is 13.2 Å². The van der Waals surface area contributed by atoms with E-state index in [1.54, 1.807) is 0 Å². The van der Waals surface area contributed by atoms with Gasteiger partial charge in [0, 0.05) is 19.3 Å². The maximum atomic E-state index is 12.9. The lowest BCUT2D eigenvalue weighted by Gasteiger charge is -2.18. The molecule has 6 heteroatoms. The molecule has 0 saturated heterocycles. The van der Waals surface area contributed by atoms with Gasteiger partial charge in [-0.2, -0.15) is 0 Å². The van der Waals surface area contributed by atoms with E-state index in [-0.39, 0.29) is 31.1 Å². The molecule has 464 valence electrons. The molecule has 0 aliphatic rings. The Morgan fingerprint density at radius 2 is 0.487 bits per heavy atom. The van der Waals surface area contributed by atoms with Crippen molar-refractivity contribution in [1.82, 2.24) is 0 Å². The number of hydrogen-bond donors (Lipinski definition) is 0. The fourth-order valence-corrected chi connectivity index (χ4v) is 10.2. The molecule has 6 nitrogen and oxygen atoms in total. The fourth-order valence-electron chi connectivity index (χ4n) is 10.2. The van der Waals surface area contributed by atoms with Gasteiger partial charge < -0.3 is 14.2 Å². The van der Waals surface area contributed by atoms with Crippen LogP contribution in [0.3, 0.4) is 0 Å². The monoisotopic (exact) mass is 1120 g/mol. The number of allylic oxidation sites excluding steroid dienone is 12. The first kappa shape index (κ1) is 76.9. The molecule has 0 aromatic carbocycles. The minimum atomic E-state index is -0.785. The molecule has 0 aromatic rings. The predicted molar refractivity (Wildman–Crippen MR) is 348 cm³/mol. The minimum absolute atomic E-state index is 0.0792. The SMILES string of the molecule is CC/C=C\C/C=C\C/C=C\CCCCCCCCCC(=O)OC(COC(=O)CCCCCCC/C=C\CCCCCCCCC)COC(=O)CCCCCCCCCCCCCCCCCCC/C=C\C/C=C\CCCCCCC. The zero-order chi connectivity index (χ0) is 57.8. The highest BCUT2D eigenvalue weighted by Crippen LogP contribution is 2.17. The Morgan fingerprint density at radius 1 is 0.263 bits per heavy atom. The molecule has 0 aliphatic carbocycles. The lowest BCUT2D eigenvalue weighted by Crippen LogP contribution is -2.30. The van der Waals surface area contributed by atoms with Gasteiger partial charge in [0.15, 0.2) is 6.10 Å². The Kier molecular flexibility index (Phi) is 65.7. The van der Waals surface area contributed by atoms with Crippen molar-refractivity contribution in [2.24, 2.45) is 0 Å². The Balaban J connectivity index is 4.25. The molecule has 0 heterocycles. The Morgan fingerprint density at radius 3 is 0.775 bits per heavy atom. The quantitative estimate of drug-likeness (QED) is 0.0261. The van der Waals surface area contributed by atoms with E-state index < -0.39 is 6.10 Å². The lowest BCUT2D eigenvalue weighted by atomic mass is 10.0. The second kappa shape index (κ2) is 68.3.